The third-order valence-electron chi connectivity index (χ3n) is 2.95. The fraction of sp³-hybridized carbons (Fsp3) is 0.214. The average molecular weight is 270 g/mol. The van der Waals surface area contributed by atoms with Gasteiger partial charge in [-0.2, -0.15) is 5.26 Å². The molecule has 0 saturated carbocycles. The summed E-state index contributed by atoms with van der Waals surface area (Å²) >= 11 is 1.41. The molecule has 2 N–H and O–H groups in total. The summed E-state index contributed by atoms with van der Waals surface area (Å²) in [5.41, 5.74) is 10.1. The van der Waals surface area contributed by atoms with Gasteiger partial charge in [-0.1, -0.05) is 0 Å². The maximum Gasteiger partial charge on any atom is 0.192 e. The quantitative estimate of drug-likeness (QED) is 0.670. The Balaban J connectivity index is 2.34. The van der Waals surface area contributed by atoms with Crippen LogP contribution in [0.5, 0.6) is 0 Å². The molecule has 1 aromatic heterocycles. The number of hydrogen-bond acceptors (Lipinski definition) is 5. The van der Waals surface area contributed by atoms with E-state index in [1.54, 1.807) is 12.1 Å². The van der Waals surface area contributed by atoms with Crippen molar-refractivity contribution in [2.75, 3.05) is 5.73 Å². The Morgan fingerprint density at radius 2 is 1.79 bits per heavy atom. The smallest absolute Gasteiger partial charge is 0.192 e. The topological polar surface area (TPSA) is 75.6 Å². The zero-order valence-corrected chi connectivity index (χ0v) is 11.9. The van der Waals surface area contributed by atoms with Crippen molar-refractivity contribution in [1.29, 1.82) is 5.26 Å². The van der Waals surface area contributed by atoms with Crippen LogP contribution in [0.1, 0.15) is 22.5 Å². The minimum Gasteiger partial charge on any atom is -0.398 e. The van der Waals surface area contributed by atoms with Crippen LogP contribution in [-0.4, -0.2) is 9.97 Å². The summed E-state index contributed by atoms with van der Waals surface area (Å²) in [6, 6.07) is 7.30. The molecule has 1 aromatic carbocycles. The number of anilines is 1. The maximum absolute atomic E-state index is 8.81. The summed E-state index contributed by atoms with van der Waals surface area (Å²) in [5, 5.41) is 9.49. The fourth-order valence-electron chi connectivity index (χ4n) is 1.60. The van der Waals surface area contributed by atoms with Gasteiger partial charge in [0, 0.05) is 22.0 Å². The molecule has 4 nitrogen and oxygen atoms in total. The van der Waals surface area contributed by atoms with Crippen molar-refractivity contribution in [3.05, 3.63) is 40.7 Å². The second-order valence-corrected chi connectivity index (χ2v) is 5.28. The zero-order valence-electron chi connectivity index (χ0n) is 11.1. The molecule has 2 rings (SSSR count). The molecule has 0 amide bonds. The summed E-state index contributed by atoms with van der Waals surface area (Å²) in [5.74, 6) is 0. The Morgan fingerprint density at radius 1 is 1.16 bits per heavy atom. The number of nitrogens with two attached hydrogens (primary N) is 1. The van der Waals surface area contributed by atoms with E-state index in [0.29, 0.717) is 16.4 Å². The molecule has 0 aliphatic carbocycles. The molecular weight excluding hydrogens is 256 g/mol. The van der Waals surface area contributed by atoms with E-state index in [1.165, 1.54) is 11.8 Å². The number of aromatic nitrogens is 2. The lowest BCUT2D eigenvalue weighted by atomic mass is 10.2. The summed E-state index contributed by atoms with van der Waals surface area (Å²) in [7, 11) is 0. The number of nitrogens with zero attached hydrogens (tertiary/aromatic N) is 3. The van der Waals surface area contributed by atoms with Gasteiger partial charge in [0.15, 0.2) is 5.16 Å². The highest BCUT2D eigenvalue weighted by Crippen LogP contribution is 2.31. The second-order valence-electron chi connectivity index (χ2n) is 4.27. The van der Waals surface area contributed by atoms with Crippen LogP contribution in [0, 0.1) is 32.1 Å². The van der Waals surface area contributed by atoms with Crippen molar-refractivity contribution in [2.24, 2.45) is 0 Å². The van der Waals surface area contributed by atoms with E-state index in [2.05, 4.69) is 16.0 Å². The van der Waals surface area contributed by atoms with Gasteiger partial charge >= 0.3 is 0 Å². The van der Waals surface area contributed by atoms with Crippen molar-refractivity contribution in [3.8, 4) is 6.07 Å². The minimum absolute atomic E-state index is 0.555. The van der Waals surface area contributed by atoms with Crippen LogP contribution in [-0.2, 0) is 0 Å². The van der Waals surface area contributed by atoms with Gasteiger partial charge in [-0.15, -0.1) is 0 Å². The lowest BCUT2D eigenvalue weighted by Gasteiger charge is -2.08. The van der Waals surface area contributed by atoms with Crippen molar-refractivity contribution >= 4 is 17.4 Å². The minimum atomic E-state index is 0.555. The molecule has 0 aliphatic rings. The van der Waals surface area contributed by atoms with Crippen molar-refractivity contribution in [1.82, 2.24) is 9.97 Å². The fourth-order valence-corrected chi connectivity index (χ4v) is 2.47. The highest BCUT2D eigenvalue weighted by atomic mass is 32.2. The lowest BCUT2D eigenvalue weighted by Crippen LogP contribution is -1.98. The summed E-state index contributed by atoms with van der Waals surface area (Å²) in [6.07, 6.45) is 0. The molecular formula is C14H14N4S. The maximum atomic E-state index is 8.81. The Hall–Kier alpha value is -2.06. The number of aryl methyl sites for hydroxylation is 2. The van der Waals surface area contributed by atoms with Crippen LogP contribution in [0.25, 0.3) is 0 Å². The van der Waals surface area contributed by atoms with Crippen LogP contribution < -0.4 is 5.73 Å². The molecule has 5 heteroatoms. The third kappa shape index (κ3) is 2.85. The van der Waals surface area contributed by atoms with Crippen molar-refractivity contribution in [2.45, 2.75) is 30.8 Å². The molecule has 0 atom stereocenters. The van der Waals surface area contributed by atoms with Gasteiger partial charge in [0.25, 0.3) is 0 Å². The van der Waals surface area contributed by atoms with Crippen LogP contribution >= 0.6 is 11.8 Å². The van der Waals surface area contributed by atoms with Crippen molar-refractivity contribution in [3.63, 3.8) is 0 Å². The third-order valence-corrected chi connectivity index (χ3v) is 3.91. The molecule has 1 heterocycles. The summed E-state index contributed by atoms with van der Waals surface area (Å²) < 4.78 is 0. The predicted octanol–water partition coefficient (Wildman–Crippen LogP) is 3.01. The van der Waals surface area contributed by atoms with E-state index in [0.717, 1.165) is 21.8 Å². The Morgan fingerprint density at radius 3 is 2.32 bits per heavy atom. The first-order chi connectivity index (χ1) is 9.01. The zero-order chi connectivity index (χ0) is 14.0. The van der Waals surface area contributed by atoms with E-state index < -0.39 is 0 Å². The molecule has 0 unspecified atom stereocenters. The normalized spacial score (nSPS) is 10.2. The Bertz CT molecular complexity index is 651. The molecule has 96 valence electrons. The first kappa shape index (κ1) is 13.4. The first-order valence-electron chi connectivity index (χ1n) is 5.80. The van der Waals surface area contributed by atoms with Gasteiger partial charge in [-0.25, -0.2) is 9.97 Å². The SMILES string of the molecule is Cc1nc(Sc2ccc(C#N)cc2N)nc(C)c1C. The molecule has 0 bridgehead atoms. The van der Waals surface area contributed by atoms with E-state index in [-0.39, 0.29) is 0 Å². The van der Waals surface area contributed by atoms with Gasteiger partial charge < -0.3 is 5.73 Å². The molecule has 0 radical (unpaired) electrons. The Labute approximate surface area is 116 Å². The van der Waals surface area contributed by atoms with Crippen LogP contribution in [0.4, 0.5) is 5.69 Å². The average Bonchev–Trinajstić information content (AvgIpc) is 2.38. The van der Waals surface area contributed by atoms with Crippen molar-refractivity contribution < 1.29 is 0 Å². The standard InChI is InChI=1S/C14H14N4S/c1-8-9(2)17-14(18-10(8)3)19-13-5-4-11(7-15)6-12(13)16/h4-6H,16H2,1-3H3. The molecule has 0 spiro atoms. The van der Waals surface area contributed by atoms with Gasteiger partial charge in [0.05, 0.1) is 11.6 Å². The van der Waals surface area contributed by atoms with E-state index in [4.69, 9.17) is 11.0 Å². The number of hydrogen-bond donors (Lipinski definition) is 1. The van der Waals surface area contributed by atoms with Crippen LogP contribution in [0.2, 0.25) is 0 Å². The van der Waals surface area contributed by atoms with Gasteiger partial charge in [0.1, 0.15) is 0 Å². The summed E-state index contributed by atoms with van der Waals surface area (Å²) in [4.78, 5) is 9.75. The van der Waals surface area contributed by atoms with Gasteiger partial charge in [0.2, 0.25) is 0 Å². The van der Waals surface area contributed by atoms with Gasteiger partial charge in [-0.3, -0.25) is 0 Å². The highest BCUT2D eigenvalue weighted by molar-refractivity contribution is 7.99. The summed E-state index contributed by atoms with van der Waals surface area (Å²) in [6.45, 7) is 5.95. The van der Waals surface area contributed by atoms with Gasteiger partial charge in [-0.05, 0) is 56.3 Å². The molecule has 0 aliphatic heterocycles. The molecule has 19 heavy (non-hydrogen) atoms. The first-order valence-corrected chi connectivity index (χ1v) is 6.62. The molecule has 0 fully saturated rings. The lowest BCUT2D eigenvalue weighted by molar-refractivity contribution is 0.881. The second kappa shape index (κ2) is 5.29. The van der Waals surface area contributed by atoms with Crippen LogP contribution in [0.3, 0.4) is 0 Å². The van der Waals surface area contributed by atoms with Crippen LogP contribution in [0.15, 0.2) is 28.3 Å². The van der Waals surface area contributed by atoms with E-state index >= 15 is 0 Å². The number of nitrogen functional groups attached to an aromatic ring is 1. The Kier molecular flexibility index (Phi) is 3.72. The number of nitriles is 1. The van der Waals surface area contributed by atoms with E-state index in [1.807, 2.05) is 26.8 Å². The largest absolute Gasteiger partial charge is 0.398 e. The molecule has 0 saturated heterocycles. The van der Waals surface area contributed by atoms with E-state index in [9.17, 15) is 0 Å². The molecule has 2 aromatic rings. The predicted molar refractivity (Wildman–Crippen MR) is 75.9 cm³/mol. The monoisotopic (exact) mass is 270 g/mol. The number of rotatable bonds is 2. The highest BCUT2D eigenvalue weighted by Gasteiger charge is 2.08. The number of benzene rings is 1.